The zero-order chi connectivity index (χ0) is 9.69. The molecule has 0 saturated heterocycles. The molecule has 3 rings (SSSR count). The molecule has 0 atom stereocenters. The summed E-state index contributed by atoms with van der Waals surface area (Å²) >= 11 is 0. The summed E-state index contributed by atoms with van der Waals surface area (Å²) in [6, 6.07) is 0. The van der Waals surface area contributed by atoms with Crippen molar-refractivity contribution in [1.29, 1.82) is 0 Å². The Balaban J connectivity index is 2.00. The predicted octanol–water partition coefficient (Wildman–Crippen LogP) is 3.95. The van der Waals surface area contributed by atoms with Crippen molar-refractivity contribution in [3.05, 3.63) is 24.3 Å². The van der Waals surface area contributed by atoms with Gasteiger partial charge in [-0.1, -0.05) is 38.2 Å². The molecule has 0 radical (unpaired) electrons. The van der Waals surface area contributed by atoms with E-state index >= 15 is 0 Å². The van der Waals surface area contributed by atoms with Crippen LogP contribution in [0.4, 0.5) is 0 Å². The molecule has 0 aliphatic heterocycles. The molecule has 0 amide bonds. The van der Waals surface area contributed by atoms with Crippen molar-refractivity contribution in [3.8, 4) is 0 Å². The monoisotopic (exact) mass is 176 g/mol. The van der Waals surface area contributed by atoms with Crippen molar-refractivity contribution in [2.45, 2.75) is 40.0 Å². The predicted molar refractivity (Wildman–Crippen MR) is 57.5 cm³/mol. The van der Waals surface area contributed by atoms with E-state index in [2.05, 4.69) is 33.4 Å². The largest absolute Gasteiger partial charge is 0.0988 e. The Hall–Kier alpha value is -0.520. The average Bonchev–Trinajstić information content (AvgIpc) is 1.92. The summed E-state index contributed by atoms with van der Waals surface area (Å²) in [4.78, 5) is 0. The molecular weight excluding hydrogens is 156 g/mol. The highest BCUT2D eigenvalue weighted by Crippen LogP contribution is 2.76. The van der Waals surface area contributed by atoms with Crippen LogP contribution in [0, 0.1) is 16.7 Å². The number of hydrogen-bond donors (Lipinski definition) is 0. The maximum absolute atomic E-state index is 3.80. The molecule has 0 unspecified atom stereocenters. The van der Waals surface area contributed by atoms with E-state index in [4.69, 9.17) is 0 Å². The second kappa shape index (κ2) is 2.50. The Bertz CT molecular complexity index is 248. The molecule has 0 N–H and O–H groups in total. The lowest BCUT2D eigenvalue weighted by molar-refractivity contribution is -0.198. The fourth-order valence-electron chi connectivity index (χ4n) is 3.26. The fourth-order valence-corrected chi connectivity index (χ4v) is 3.26. The molecule has 72 valence electrons. The van der Waals surface area contributed by atoms with Gasteiger partial charge in [-0.25, -0.2) is 0 Å². The van der Waals surface area contributed by atoms with Crippen LogP contribution in [0.15, 0.2) is 24.3 Å². The van der Waals surface area contributed by atoms with E-state index in [9.17, 15) is 0 Å². The van der Waals surface area contributed by atoms with Gasteiger partial charge in [0.25, 0.3) is 0 Å². The van der Waals surface area contributed by atoms with Crippen molar-refractivity contribution in [2.75, 3.05) is 0 Å². The maximum Gasteiger partial charge on any atom is -0.00964 e. The minimum absolute atomic E-state index is 0.600. The van der Waals surface area contributed by atoms with Gasteiger partial charge in [0.1, 0.15) is 0 Å². The third-order valence-corrected chi connectivity index (χ3v) is 4.19. The van der Waals surface area contributed by atoms with Crippen LogP contribution in [0.3, 0.4) is 0 Å². The molecule has 3 aliphatic carbocycles. The molecule has 3 saturated carbocycles. The summed E-state index contributed by atoms with van der Waals surface area (Å²) in [6.07, 6.45) is 8.72. The third-order valence-electron chi connectivity index (χ3n) is 4.19. The van der Waals surface area contributed by atoms with E-state index < -0.39 is 0 Å². The molecule has 0 heteroatoms. The molecule has 3 aliphatic rings. The van der Waals surface area contributed by atoms with Gasteiger partial charge in [0.05, 0.1) is 0 Å². The van der Waals surface area contributed by atoms with E-state index in [0.717, 1.165) is 11.3 Å². The highest BCUT2D eigenvalue weighted by Gasteiger charge is 2.67. The van der Waals surface area contributed by atoms with Gasteiger partial charge in [-0.2, -0.15) is 0 Å². The number of allylic oxidation sites excluding steroid dienone is 3. The lowest BCUT2D eigenvalue weighted by atomic mass is 9.32. The fraction of sp³-hybridized carbons (Fsp3) is 0.692. The summed E-state index contributed by atoms with van der Waals surface area (Å²) < 4.78 is 0. The van der Waals surface area contributed by atoms with E-state index in [1.54, 1.807) is 0 Å². The topological polar surface area (TPSA) is 0 Å². The van der Waals surface area contributed by atoms with Crippen LogP contribution in [0.25, 0.3) is 0 Å². The molecule has 0 heterocycles. The van der Waals surface area contributed by atoms with Crippen LogP contribution in [-0.2, 0) is 0 Å². The van der Waals surface area contributed by atoms with E-state index in [1.165, 1.54) is 24.8 Å². The Morgan fingerprint density at radius 1 is 1.31 bits per heavy atom. The smallest absolute Gasteiger partial charge is 0.00964 e. The van der Waals surface area contributed by atoms with Gasteiger partial charge >= 0.3 is 0 Å². The summed E-state index contributed by atoms with van der Waals surface area (Å²) in [5, 5.41) is 0. The Morgan fingerprint density at radius 3 is 2.23 bits per heavy atom. The molecular formula is C13H20. The molecule has 0 aromatic rings. The van der Waals surface area contributed by atoms with E-state index in [1.807, 2.05) is 6.08 Å². The second-order valence-electron chi connectivity index (χ2n) is 5.50. The lowest BCUT2D eigenvalue weighted by Crippen LogP contribution is -2.63. The molecule has 3 fully saturated rings. The molecule has 0 aromatic carbocycles. The summed E-state index contributed by atoms with van der Waals surface area (Å²) in [6.45, 7) is 10.7. The van der Waals surface area contributed by atoms with Gasteiger partial charge in [-0.05, 0) is 42.9 Å². The molecule has 0 aromatic heterocycles. The molecule has 2 bridgehead atoms. The van der Waals surface area contributed by atoms with Crippen LogP contribution in [0.1, 0.15) is 40.0 Å². The lowest BCUT2D eigenvalue weighted by Gasteiger charge is -2.72. The van der Waals surface area contributed by atoms with Gasteiger partial charge in [-0.3, -0.25) is 0 Å². The molecule has 13 heavy (non-hydrogen) atoms. The minimum atomic E-state index is 0.600. The van der Waals surface area contributed by atoms with Crippen LogP contribution >= 0.6 is 0 Å². The summed E-state index contributed by atoms with van der Waals surface area (Å²) in [5.41, 5.74) is 2.69. The Morgan fingerprint density at radius 2 is 1.85 bits per heavy atom. The highest BCUT2D eigenvalue weighted by molar-refractivity contribution is 5.30. The zero-order valence-electron chi connectivity index (χ0n) is 9.06. The van der Waals surface area contributed by atoms with Gasteiger partial charge in [0.2, 0.25) is 0 Å². The van der Waals surface area contributed by atoms with Gasteiger partial charge in [0, 0.05) is 0 Å². The van der Waals surface area contributed by atoms with Crippen molar-refractivity contribution < 1.29 is 0 Å². The first-order valence-corrected chi connectivity index (χ1v) is 5.34. The number of hydrogen-bond acceptors (Lipinski definition) is 0. The second-order valence-corrected chi connectivity index (χ2v) is 5.50. The summed E-state index contributed by atoms with van der Waals surface area (Å²) in [5.74, 6) is 0.881. The first kappa shape index (κ1) is 9.05. The Labute approximate surface area is 81.7 Å². The molecule has 0 nitrogen and oxygen atoms in total. The van der Waals surface area contributed by atoms with Crippen LogP contribution < -0.4 is 0 Å². The van der Waals surface area contributed by atoms with E-state index in [-0.39, 0.29) is 0 Å². The minimum Gasteiger partial charge on any atom is -0.0988 e. The average molecular weight is 176 g/mol. The highest BCUT2D eigenvalue weighted by atomic mass is 14.7. The van der Waals surface area contributed by atoms with Gasteiger partial charge < -0.3 is 0 Å². The first-order valence-electron chi connectivity index (χ1n) is 5.34. The first-order chi connectivity index (χ1) is 6.02. The standard InChI is InChI=1S/C13H20/c1-5-11(4)6-12-7-13(8-12,9-12)10(2)3/h5-6,10H,1,7-9H2,2-4H3/b11-6+. The maximum atomic E-state index is 3.80. The Kier molecular flexibility index (Phi) is 1.74. The van der Waals surface area contributed by atoms with Crippen molar-refractivity contribution in [2.24, 2.45) is 16.7 Å². The van der Waals surface area contributed by atoms with E-state index in [0.29, 0.717) is 5.41 Å². The normalized spacial score (nSPS) is 42.6. The molecule has 0 spiro atoms. The van der Waals surface area contributed by atoms with Crippen molar-refractivity contribution >= 4 is 0 Å². The van der Waals surface area contributed by atoms with Gasteiger partial charge in [-0.15, -0.1) is 0 Å². The van der Waals surface area contributed by atoms with Crippen LogP contribution in [0.5, 0.6) is 0 Å². The third kappa shape index (κ3) is 1.11. The zero-order valence-corrected chi connectivity index (χ0v) is 9.06. The van der Waals surface area contributed by atoms with Crippen LogP contribution in [0.2, 0.25) is 0 Å². The quantitative estimate of drug-likeness (QED) is 0.571. The summed E-state index contributed by atoms with van der Waals surface area (Å²) in [7, 11) is 0. The van der Waals surface area contributed by atoms with Crippen molar-refractivity contribution in [1.82, 2.24) is 0 Å². The SMILES string of the molecule is C=C/C(C)=C/C12CC(C(C)C)(C1)C2. The van der Waals surface area contributed by atoms with Crippen molar-refractivity contribution in [3.63, 3.8) is 0 Å². The van der Waals surface area contributed by atoms with Gasteiger partial charge in [0.15, 0.2) is 0 Å². The number of rotatable bonds is 3. The van der Waals surface area contributed by atoms with Crippen LogP contribution in [-0.4, -0.2) is 0 Å².